The van der Waals surface area contributed by atoms with E-state index in [1.165, 1.54) is 33.4 Å². The summed E-state index contributed by atoms with van der Waals surface area (Å²) in [6.07, 6.45) is 3.84. The number of rotatable bonds is 0. The Morgan fingerprint density at radius 2 is 0.621 bits per heavy atom. The van der Waals surface area contributed by atoms with Crippen molar-refractivity contribution in [1.82, 2.24) is 0 Å². The summed E-state index contributed by atoms with van der Waals surface area (Å²) in [7, 11) is 0. The lowest BCUT2D eigenvalue weighted by Crippen LogP contribution is -1.96. The van der Waals surface area contributed by atoms with Gasteiger partial charge < -0.3 is 9.47 Å². The molecule has 0 saturated carbocycles. The van der Waals surface area contributed by atoms with Gasteiger partial charge >= 0.3 is 0 Å². The molecule has 16 bridgehead atoms. The Balaban J connectivity index is 0.958. The molecule has 7 heterocycles. The van der Waals surface area contributed by atoms with Gasteiger partial charge in [-0.05, 0) is 114 Å². The van der Waals surface area contributed by atoms with Gasteiger partial charge in [0.25, 0.3) is 0 Å². The normalized spacial score (nSPS) is 12.7. The molecule has 15 rings (SSSR count). The molecule has 8 aromatic rings. The van der Waals surface area contributed by atoms with Crippen molar-refractivity contribution in [3.63, 3.8) is 0 Å². The summed E-state index contributed by atoms with van der Waals surface area (Å²) in [5.74, 6) is 1.64. The monoisotopic (exact) mass is 750 g/mol. The maximum Gasteiger partial charge on any atom is 0.120 e. The van der Waals surface area contributed by atoms with Gasteiger partial charge in [-0.15, -0.1) is 0 Å². The molecule has 58 heavy (non-hydrogen) atoms. The molecule has 8 aromatic carbocycles. The minimum atomic E-state index is 0.484. The predicted octanol–water partition coefficient (Wildman–Crippen LogP) is 13.1. The van der Waals surface area contributed by atoms with Crippen LogP contribution in [0.25, 0.3) is 44.5 Å². The predicted molar refractivity (Wildman–Crippen MR) is 239 cm³/mol. The van der Waals surface area contributed by atoms with Crippen LogP contribution in [0.5, 0.6) is 11.5 Å². The first-order valence-corrected chi connectivity index (χ1v) is 19.7. The fourth-order valence-corrected chi connectivity index (χ4v) is 7.16. The van der Waals surface area contributed by atoms with Crippen molar-refractivity contribution in [1.29, 1.82) is 0 Å². The van der Waals surface area contributed by atoms with Gasteiger partial charge in [0.15, 0.2) is 0 Å². The molecule has 4 heteroatoms. The van der Waals surface area contributed by atoms with Crippen molar-refractivity contribution < 1.29 is 9.47 Å². The van der Waals surface area contributed by atoms with Crippen LogP contribution in [0.3, 0.4) is 0 Å². The third kappa shape index (κ3) is 9.04. The smallest absolute Gasteiger partial charge is 0.120 e. The molecule has 0 amide bonds. The molecule has 0 atom stereocenters. The fraction of sp³-hybridized carbons (Fsp3) is 0.0741. The highest BCUT2D eigenvalue weighted by molar-refractivity contribution is 5.81. The van der Waals surface area contributed by atoms with Crippen LogP contribution >= 0.6 is 0 Å². The van der Waals surface area contributed by atoms with Crippen molar-refractivity contribution in [2.75, 3.05) is 0 Å². The van der Waals surface area contributed by atoms with Crippen LogP contribution in [0.2, 0.25) is 0 Å². The lowest BCUT2D eigenvalue weighted by atomic mass is 9.98. The molecule has 7 aliphatic rings. The standard InChI is InChI=1S/C54H42N2O2/c1-5-43-29-53(11-1)57-37-41-17-25-47(26-18-41)51-9-4-10-52(32-51)48-27-19-42(20-28-48)38-58-54-12-2-6-44(30-54)36-56-34-40-15-23-46(24-16-40)50-8-3-7-49(31-50)45-21-13-39(14-22-45)33-55-35-43/h1-32,35-36H,33-34,37-38H2. The molecule has 0 radical (unpaired) electrons. The molecule has 7 aliphatic heterocycles. The maximum absolute atomic E-state index is 6.21. The third-order valence-corrected chi connectivity index (χ3v) is 10.4. The van der Waals surface area contributed by atoms with Crippen molar-refractivity contribution in [3.05, 3.63) is 228 Å². The van der Waals surface area contributed by atoms with E-state index in [1.807, 2.05) is 48.8 Å². The average molecular weight is 751 g/mol. The molecular weight excluding hydrogens is 709 g/mol. The molecule has 0 saturated heterocycles. The summed E-state index contributed by atoms with van der Waals surface area (Å²) in [6.45, 7) is 2.17. The molecule has 0 spiro atoms. The summed E-state index contributed by atoms with van der Waals surface area (Å²) in [6, 6.07) is 68.2. The Kier molecular flexibility index (Phi) is 10.8. The zero-order valence-corrected chi connectivity index (χ0v) is 32.2. The second-order valence-corrected chi connectivity index (χ2v) is 14.6. The van der Waals surface area contributed by atoms with Gasteiger partial charge in [0.1, 0.15) is 24.7 Å². The van der Waals surface area contributed by atoms with E-state index in [0.29, 0.717) is 26.3 Å². The van der Waals surface area contributed by atoms with Crippen LogP contribution in [-0.4, -0.2) is 12.4 Å². The van der Waals surface area contributed by atoms with E-state index in [9.17, 15) is 0 Å². The Hall–Kier alpha value is -7.30. The number of benzene rings is 8. The summed E-state index contributed by atoms with van der Waals surface area (Å²) < 4.78 is 12.4. The SMILES string of the molecule is C1=NCc2ccc(cc2)-c2cccc(c2)-c2ccc(cc2)CN=Cc2cccc(c2)OCc2ccc(cc2)-c2cccc(c2)-c2ccc(cc2)COc2cccc1c2. The molecule has 4 nitrogen and oxygen atoms in total. The lowest BCUT2D eigenvalue weighted by Gasteiger charge is -2.10. The molecule has 280 valence electrons. The van der Waals surface area contributed by atoms with E-state index in [2.05, 4.69) is 158 Å². The quantitative estimate of drug-likeness (QED) is 0.155. The topological polar surface area (TPSA) is 43.2 Å². The largest absolute Gasteiger partial charge is 0.489 e. The molecule has 0 unspecified atom stereocenters. The summed E-state index contributed by atoms with van der Waals surface area (Å²) in [4.78, 5) is 9.50. The van der Waals surface area contributed by atoms with Crippen LogP contribution in [0.4, 0.5) is 0 Å². The van der Waals surface area contributed by atoms with Crippen molar-refractivity contribution in [3.8, 4) is 56.0 Å². The molecular formula is C54H42N2O2. The number of aliphatic imine (C=N–C) groups is 2. The van der Waals surface area contributed by atoms with Gasteiger partial charge in [-0.25, -0.2) is 0 Å². The first-order chi connectivity index (χ1) is 28.7. The molecule has 0 N–H and O–H groups in total. The molecule has 0 fully saturated rings. The summed E-state index contributed by atoms with van der Waals surface area (Å²) in [5.41, 5.74) is 15.9. The van der Waals surface area contributed by atoms with E-state index >= 15 is 0 Å². The Morgan fingerprint density at radius 3 is 0.983 bits per heavy atom. The highest BCUT2D eigenvalue weighted by Gasteiger charge is 2.07. The summed E-state index contributed by atoms with van der Waals surface area (Å²) in [5, 5.41) is 0. The highest BCUT2D eigenvalue weighted by Crippen LogP contribution is 2.29. The second kappa shape index (κ2) is 17.2. The van der Waals surface area contributed by atoms with Gasteiger partial charge in [-0.3, -0.25) is 9.98 Å². The number of hydrogen-bond acceptors (Lipinski definition) is 4. The summed E-state index contributed by atoms with van der Waals surface area (Å²) >= 11 is 0. The average Bonchev–Trinajstić information content (AvgIpc) is 3.29. The van der Waals surface area contributed by atoms with Gasteiger partial charge in [-0.1, -0.05) is 158 Å². The van der Waals surface area contributed by atoms with E-state index in [-0.39, 0.29) is 0 Å². The Bertz CT molecular complexity index is 2510. The highest BCUT2D eigenvalue weighted by atomic mass is 16.5. The van der Waals surface area contributed by atoms with Crippen LogP contribution in [0.15, 0.2) is 204 Å². The number of hydrogen-bond donors (Lipinski definition) is 0. The third-order valence-electron chi connectivity index (χ3n) is 10.4. The zero-order chi connectivity index (χ0) is 38.9. The second-order valence-electron chi connectivity index (χ2n) is 14.6. The Labute approximate surface area is 340 Å². The van der Waals surface area contributed by atoms with E-state index in [1.54, 1.807) is 0 Å². The Morgan fingerprint density at radius 1 is 0.293 bits per heavy atom. The first kappa shape index (κ1) is 36.3. The van der Waals surface area contributed by atoms with Crippen LogP contribution in [0, 0.1) is 0 Å². The van der Waals surface area contributed by atoms with Crippen molar-refractivity contribution in [2.45, 2.75) is 26.3 Å². The van der Waals surface area contributed by atoms with Crippen molar-refractivity contribution in [2.24, 2.45) is 9.98 Å². The molecule has 0 aliphatic carbocycles. The van der Waals surface area contributed by atoms with Gasteiger partial charge in [-0.2, -0.15) is 0 Å². The van der Waals surface area contributed by atoms with Crippen LogP contribution in [0.1, 0.15) is 33.4 Å². The van der Waals surface area contributed by atoms with E-state index in [0.717, 1.165) is 56.0 Å². The van der Waals surface area contributed by atoms with Crippen LogP contribution in [-0.2, 0) is 26.3 Å². The van der Waals surface area contributed by atoms with Gasteiger partial charge in [0, 0.05) is 12.4 Å². The first-order valence-electron chi connectivity index (χ1n) is 19.7. The zero-order valence-electron chi connectivity index (χ0n) is 32.2. The van der Waals surface area contributed by atoms with Gasteiger partial charge in [0.2, 0.25) is 0 Å². The maximum atomic E-state index is 6.21. The van der Waals surface area contributed by atoms with Crippen molar-refractivity contribution >= 4 is 12.4 Å². The van der Waals surface area contributed by atoms with Gasteiger partial charge in [0.05, 0.1) is 13.1 Å². The lowest BCUT2D eigenvalue weighted by molar-refractivity contribution is 0.306. The van der Waals surface area contributed by atoms with E-state index < -0.39 is 0 Å². The molecule has 0 aromatic heterocycles. The fourth-order valence-electron chi connectivity index (χ4n) is 7.16. The minimum Gasteiger partial charge on any atom is -0.489 e. The number of ether oxygens (including phenoxy) is 2. The van der Waals surface area contributed by atoms with E-state index in [4.69, 9.17) is 19.5 Å². The van der Waals surface area contributed by atoms with Crippen LogP contribution < -0.4 is 9.47 Å². The number of nitrogens with zero attached hydrogens (tertiary/aromatic N) is 2. The minimum absolute atomic E-state index is 0.484.